The minimum Gasteiger partial charge on any atom is -0.368 e. The smallest absolute Gasteiger partial charge is 0.0568 e. The van der Waals surface area contributed by atoms with Gasteiger partial charge in [0.1, 0.15) is 0 Å². The van der Waals surface area contributed by atoms with Crippen molar-refractivity contribution in [3.63, 3.8) is 0 Å². The number of hydrogen-bond donors (Lipinski definition) is 1. The fraction of sp³-hybridized carbons (Fsp3) is 0.625. The van der Waals surface area contributed by atoms with Gasteiger partial charge in [0.2, 0.25) is 0 Å². The molecule has 1 N–H and O–H groups in total. The fourth-order valence-electron chi connectivity index (χ4n) is 3.01. The number of nitrogens with zero attached hydrogens (tertiary/aromatic N) is 1. The highest BCUT2D eigenvalue weighted by atomic mass is 79.9. The van der Waals surface area contributed by atoms with Gasteiger partial charge < -0.3 is 10.2 Å². The van der Waals surface area contributed by atoms with Crippen molar-refractivity contribution in [3.8, 4) is 0 Å². The van der Waals surface area contributed by atoms with Crippen LogP contribution in [0, 0.1) is 5.92 Å². The number of anilines is 1. The normalized spacial score (nSPS) is 26.9. The van der Waals surface area contributed by atoms with Gasteiger partial charge in [0.25, 0.3) is 0 Å². The number of piperidine rings is 1. The molecule has 3 atom stereocenters. The van der Waals surface area contributed by atoms with Crippen molar-refractivity contribution in [3.05, 3.63) is 27.7 Å². The van der Waals surface area contributed by atoms with Gasteiger partial charge >= 0.3 is 0 Å². The highest BCUT2D eigenvalue weighted by Crippen LogP contribution is 2.33. The number of nitrogens with one attached hydrogen (secondary N) is 1. The lowest BCUT2D eigenvalue weighted by Gasteiger charge is -2.44. The molecule has 1 aromatic carbocycles. The van der Waals surface area contributed by atoms with Crippen LogP contribution in [0.2, 0.25) is 5.02 Å². The first-order valence-corrected chi connectivity index (χ1v) is 8.66. The monoisotopic (exact) mass is 358 g/mol. The summed E-state index contributed by atoms with van der Waals surface area (Å²) in [6, 6.07) is 7.41. The third-order valence-electron chi connectivity index (χ3n) is 4.46. The Balaban J connectivity index is 2.09. The van der Waals surface area contributed by atoms with Crippen molar-refractivity contribution in [1.29, 1.82) is 0 Å². The third kappa shape index (κ3) is 3.49. The Morgan fingerprint density at radius 1 is 1.40 bits per heavy atom. The van der Waals surface area contributed by atoms with Crippen LogP contribution in [0.5, 0.6) is 0 Å². The lowest BCUT2D eigenvalue weighted by molar-refractivity contribution is 0.271. The zero-order valence-corrected chi connectivity index (χ0v) is 14.8. The molecule has 0 saturated carbocycles. The second-order valence-corrected chi connectivity index (χ2v) is 7.00. The lowest BCUT2D eigenvalue weighted by Crippen LogP contribution is -2.53. The van der Waals surface area contributed by atoms with E-state index in [1.54, 1.807) is 0 Å². The second-order valence-electron chi connectivity index (χ2n) is 5.74. The Kier molecular flexibility index (Phi) is 5.76. The van der Waals surface area contributed by atoms with Crippen LogP contribution in [0.4, 0.5) is 5.69 Å². The largest absolute Gasteiger partial charge is 0.368 e. The summed E-state index contributed by atoms with van der Waals surface area (Å²) < 4.78 is 0.961. The van der Waals surface area contributed by atoms with Gasteiger partial charge in [-0.25, -0.2) is 0 Å². The zero-order valence-electron chi connectivity index (χ0n) is 12.5. The summed E-state index contributed by atoms with van der Waals surface area (Å²) >= 11 is 9.69. The molecule has 1 aromatic rings. The highest BCUT2D eigenvalue weighted by Gasteiger charge is 2.32. The van der Waals surface area contributed by atoms with Gasteiger partial charge in [-0.2, -0.15) is 0 Å². The fourth-order valence-corrected chi connectivity index (χ4v) is 3.43. The van der Waals surface area contributed by atoms with Crippen molar-refractivity contribution in [2.75, 3.05) is 18.0 Å². The molecule has 0 spiro atoms. The molecule has 112 valence electrons. The molecule has 2 rings (SSSR count). The molecule has 0 aliphatic carbocycles. The molecule has 4 heteroatoms. The van der Waals surface area contributed by atoms with E-state index >= 15 is 0 Å². The Morgan fingerprint density at radius 2 is 2.15 bits per heavy atom. The number of halogens is 2. The summed E-state index contributed by atoms with van der Waals surface area (Å²) in [5.74, 6) is 0.637. The van der Waals surface area contributed by atoms with E-state index in [4.69, 9.17) is 11.6 Å². The highest BCUT2D eigenvalue weighted by molar-refractivity contribution is 9.10. The number of benzene rings is 1. The zero-order chi connectivity index (χ0) is 14.7. The molecule has 0 radical (unpaired) electrons. The Morgan fingerprint density at radius 3 is 2.80 bits per heavy atom. The molecule has 20 heavy (non-hydrogen) atoms. The van der Waals surface area contributed by atoms with Crippen molar-refractivity contribution in [2.45, 2.75) is 45.7 Å². The van der Waals surface area contributed by atoms with E-state index in [1.165, 1.54) is 18.5 Å². The lowest BCUT2D eigenvalue weighted by atomic mass is 9.86. The molecule has 1 fully saturated rings. The molecule has 3 unspecified atom stereocenters. The predicted octanol–water partition coefficient (Wildman–Crippen LogP) is 4.71. The van der Waals surface area contributed by atoms with Gasteiger partial charge in [0, 0.05) is 28.8 Å². The molecular formula is C16H24BrClN2. The molecule has 0 bridgehead atoms. The van der Waals surface area contributed by atoms with Crippen LogP contribution < -0.4 is 10.2 Å². The van der Waals surface area contributed by atoms with Gasteiger partial charge in [-0.15, -0.1) is 0 Å². The van der Waals surface area contributed by atoms with Gasteiger partial charge in [0.05, 0.1) is 5.02 Å². The van der Waals surface area contributed by atoms with Gasteiger partial charge in [-0.1, -0.05) is 25.4 Å². The topological polar surface area (TPSA) is 15.3 Å². The average molecular weight is 360 g/mol. The van der Waals surface area contributed by atoms with E-state index in [-0.39, 0.29) is 0 Å². The minimum atomic E-state index is 0.523. The summed E-state index contributed by atoms with van der Waals surface area (Å²) in [6.45, 7) is 9.10. The Bertz CT molecular complexity index is 452. The maximum atomic E-state index is 6.23. The van der Waals surface area contributed by atoms with Gasteiger partial charge in [0.15, 0.2) is 0 Å². The molecule has 0 aromatic heterocycles. The molecule has 0 amide bonds. The molecule has 1 heterocycles. The molecular weight excluding hydrogens is 336 g/mol. The second kappa shape index (κ2) is 7.15. The van der Waals surface area contributed by atoms with Gasteiger partial charge in [-0.05, 0) is 66.4 Å². The van der Waals surface area contributed by atoms with Crippen molar-refractivity contribution < 1.29 is 0 Å². The predicted molar refractivity (Wildman–Crippen MR) is 91.8 cm³/mol. The van der Waals surface area contributed by atoms with E-state index in [0.717, 1.165) is 22.6 Å². The summed E-state index contributed by atoms with van der Waals surface area (Å²) in [5.41, 5.74) is 1.23. The molecule has 1 aliphatic heterocycles. The SMILES string of the molecule is CCCNC1CCN(c2ccc(Br)c(Cl)c2)C(C)C1C. The average Bonchev–Trinajstić information content (AvgIpc) is 2.44. The summed E-state index contributed by atoms with van der Waals surface area (Å²) in [7, 11) is 0. The molecule has 1 aliphatic rings. The first-order chi connectivity index (χ1) is 9.54. The first-order valence-electron chi connectivity index (χ1n) is 7.49. The van der Waals surface area contributed by atoms with Crippen LogP contribution in [0.3, 0.4) is 0 Å². The van der Waals surface area contributed by atoms with Crippen molar-refractivity contribution in [1.82, 2.24) is 5.32 Å². The van der Waals surface area contributed by atoms with E-state index in [0.29, 0.717) is 18.0 Å². The van der Waals surface area contributed by atoms with Crippen LogP contribution in [-0.2, 0) is 0 Å². The Hall–Kier alpha value is -0.250. The number of rotatable bonds is 4. The maximum Gasteiger partial charge on any atom is 0.0568 e. The van der Waals surface area contributed by atoms with Crippen LogP contribution in [-0.4, -0.2) is 25.2 Å². The van der Waals surface area contributed by atoms with E-state index in [1.807, 2.05) is 6.07 Å². The first kappa shape index (κ1) is 16.1. The molecule has 1 saturated heterocycles. The van der Waals surface area contributed by atoms with E-state index in [9.17, 15) is 0 Å². The van der Waals surface area contributed by atoms with Gasteiger partial charge in [-0.3, -0.25) is 0 Å². The quantitative estimate of drug-likeness (QED) is 0.838. The van der Waals surface area contributed by atoms with Crippen LogP contribution in [0.25, 0.3) is 0 Å². The van der Waals surface area contributed by atoms with E-state index in [2.05, 4.69) is 59.1 Å². The van der Waals surface area contributed by atoms with Crippen molar-refractivity contribution >= 4 is 33.2 Å². The summed E-state index contributed by atoms with van der Waals surface area (Å²) in [4.78, 5) is 2.48. The Labute approximate surface area is 136 Å². The molecule has 2 nitrogen and oxygen atoms in total. The maximum absolute atomic E-state index is 6.23. The summed E-state index contributed by atoms with van der Waals surface area (Å²) in [5, 5.41) is 4.47. The number of hydrogen-bond acceptors (Lipinski definition) is 2. The van der Waals surface area contributed by atoms with Crippen LogP contribution >= 0.6 is 27.5 Å². The third-order valence-corrected chi connectivity index (χ3v) is 5.69. The standard InChI is InChI=1S/C16H24BrClN2/c1-4-8-19-16-7-9-20(12(3)11(16)2)13-5-6-14(17)15(18)10-13/h5-6,10-12,16,19H,4,7-9H2,1-3H3. The van der Waals surface area contributed by atoms with Crippen LogP contribution in [0.1, 0.15) is 33.6 Å². The van der Waals surface area contributed by atoms with E-state index < -0.39 is 0 Å². The van der Waals surface area contributed by atoms with Crippen molar-refractivity contribution in [2.24, 2.45) is 5.92 Å². The van der Waals surface area contributed by atoms with Crippen LogP contribution in [0.15, 0.2) is 22.7 Å². The minimum absolute atomic E-state index is 0.523. The summed E-state index contributed by atoms with van der Waals surface area (Å²) in [6.07, 6.45) is 2.39.